The van der Waals surface area contributed by atoms with Crippen molar-refractivity contribution in [3.8, 4) is 0 Å². The lowest BCUT2D eigenvalue weighted by Gasteiger charge is -2.07. The quantitative estimate of drug-likeness (QED) is 0.249. The van der Waals surface area contributed by atoms with Crippen LogP contribution in [-0.2, 0) is 0 Å². The van der Waals surface area contributed by atoms with Gasteiger partial charge < -0.3 is 16.4 Å². The average molecular weight is 469 g/mol. The summed E-state index contributed by atoms with van der Waals surface area (Å²) in [6, 6.07) is 7.26. The van der Waals surface area contributed by atoms with Crippen LogP contribution in [0.1, 0.15) is 30.1 Å². The number of hydrogen-bond donors (Lipinski definition) is 3. The first kappa shape index (κ1) is 20.2. The van der Waals surface area contributed by atoms with Gasteiger partial charge in [-0.15, -0.1) is 24.0 Å². The molecule has 1 amide bonds. The van der Waals surface area contributed by atoms with Gasteiger partial charge in [0.05, 0.1) is 0 Å². The van der Waals surface area contributed by atoms with Crippen LogP contribution in [0.15, 0.2) is 33.7 Å². The molecule has 0 atom stereocenters. The molecule has 7 heteroatoms. The zero-order valence-corrected chi connectivity index (χ0v) is 16.0. The van der Waals surface area contributed by atoms with Gasteiger partial charge in [0, 0.05) is 29.7 Å². The van der Waals surface area contributed by atoms with E-state index < -0.39 is 0 Å². The largest absolute Gasteiger partial charge is 0.370 e. The molecular formula is C14H22BrIN4O. The summed E-state index contributed by atoms with van der Waals surface area (Å²) < 4.78 is 0.885. The van der Waals surface area contributed by atoms with E-state index in [0.29, 0.717) is 24.6 Å². The molecule has 0 radical (unpaired) electrons. The lowest BCUT2D eigenvalue weighted by atomic mass is 10.2. The molecule has 0 aromatic heterocycles. The highest BCUT2D eigenvalue weighted by Gasteiger charge is 2.04. The number of halogens is 2. The maximum Gasteiger partial charge on any atom is 0.251 e. The van der Waals surface area contributed by atoms with Gasteiger partial charge in [-0.25, -0.2) is 0 Å². The van der Waals surface area contributed by atoms with E-state index in [2.05, 4.69) is 38.5 Å². The highest BCUT2D eigenvalue weighted by molar-refractivity contribution is 14.0. The molecule has 0 saturated carbocycles. The van der Waals surface area contributed by atoms with Crippen molar-refractivity contribution in [2.75, 3.05) is 19.6 Å². The van der Waals surface area contributed by atoms with Crippen LogP contribution in [0, 0.1) is 0 Å². The molecule has 0 aliphatic heterocycles. The Hall–Kier alpha value is -0.830. The van der Waals surface area contributed by atoms with Gasteiger partial charge in [-0.2, -0.15) is 0 Å². The van der Waals surface area contributed by atoms with E-state index >= 15 is 0 Å². The molecule has 0 fully saturated rings. The summed E-state index contributed by atoms with van der Waals surface area (Å²) in [6.07, 6.45) is 2.13. The molecular weight excluding hydrogens is 447 g/mol. The Kier molecular flexibility index (Phi) is 11.3. The van der Waals surface area contributed by atoms with Gasteiger partial charge in [-0.1, -0.05) is 35.3 Å². The average Bonchev–Trinajstić information content (AvgIpc) is 2.43. The number of nitrogens with two attached hydrogens (primary N) is 1. The van der Waals surface area contributed by atoms with Crippen LogP contribution in [0.2, 0.25) is 0 Å². The van der Waals surface area contributed by atoms with E-state index in [0.717, 1.165) is 23.9 Å². The number of nitrogens with one attached hydrogen (secondary N) is 2. The third kappa shape index (κ3) is 8.92. The molecule has 21 heavy (non-hydrogen) atoms. The van der Waals surface area contributed by atoms with Crippen molar-refractivity contribution in [3.63, 3.8) is 0 Å². The van der Waals surface area contributed by atoms with Crippen molar-refractivity contribution in [2.24, 2.45) is 10.7 Å². The second-order valence-corrected chi connectivity index (χ2v) is 5.23. The first-order valence-corrected chi connectivity index (χ1v) is 7.50. The number of benzene rings is 1. The molecule has 1 aromatic carbocycles. The number of carbonyl (C=O) groups excluding carboxylic acids is 1. The first-order valence-electron chi connectivity index (χ1n) is 6.71. The fourth-order valence-corrected chi connectivity index (χ4v) is 1.91. The Labute approximate surface area is 151 Å². The second-order valence-electron chi connectivity index (χ2n) is 4.31. The van der Waals surface area contributed by atoms with Crippen LogP contribution in [0.25, 0.3) is 0 Å². The van der Waals surface area contributed by atoms with Gasteiger partial charge >= 0.3 is 0 Å². The fourth-order valence-electron chi connectivity index (χ4n) is 1.51. The van der Waals surface area contributed by atoms with E-state index in [1.807, 2.05) is 12.1 Å². The summed E-state index contributed by atoms with van der Waals surface area (Å²) in [5, 5.41) is 5.78. The van der Waals surface area contributed by atoms with Gasteiger partial charge in [0.15, 0.2) is 5.96 Å². The van der Waals surface area contributed by atoms with Crippen molar-refractivity contribution in [2.45, 2.75) is 19.8 Å². The molecule has 5 nitrogen and oxygen atoms in total. The maximum atomic E-state index is 11.8. The van der Waals surface area contributed by atoms with E-state index in [4.69, 9.17) is 5.73 Å². The molecule has 0 aliphatic rings. The van der Waals surface area contributed by atoms with Crippen LogP contribution in [0.4, 0.5) is 0 Å². The minimum atomic E-state index is -0.102. The summed E-state index contributed by atoms with van der Waals surface area (Å²) in [7, 11) is 0. The molecule has 0 heterocycles. The van der Waals surface area contributed by atoms with Gasteiger partial charge in [0.2, 0.25) is 0 Å². The van der Waals surface area contributed by atoms with Crippen molar-refractivity contribution in [1.29, 1.82) is 0 Å². The van der Waals surface area contributed by atoms with E-state index in [1.165, 1.54) is 0 Å². The molecule has 0 bridgehead atoms. The summed E-state index contributed by atoms with van der Waals surface area (Å²) in [6.45, 7) is 3.90. The Morgan fingerprint density at radius 1 is 1.33 bits per heavy atom. The molecule has 0 saturated heterocycles. The van der Waals surface area contributed by atoms with Crippen LogP contribution in [0.5, 0.6) is 0 Å². The monoisotopic (exact) mass is 468 g/mol. The third-order valence-electron chi connectivity index (χ3n) is 2.60. The number of nitrogens with zero attached hydrogens (tertiary/aromatic N) is 1. The Balaban J connectivity index is 0.00000400. The number of aliphatic imine (C=N–C) groups is 1. The van der Waals surface area contributed by atoms with E-state index in [-0.39, 0.29) is 29.9 Å². The summed E-state index contributed by atoms with van der Waals surface area (Å²) in [5.41, 5.74) is 6.31. The van der Waals surface area contributed by atoms with Gasteiger partial charge in [-0.05, 0) is 24.6 Å². The lowest BCUT2D eigenvalue weighted by molar-refractivity contribution is 0.0954. The topological polar surface area (TPSA) is 79.5 Å². The molecule has 4 N–H and O–H groups in total. The standard InChI is InChI=1S/C14H21BrN4O.HI/c1-2-3-7-18-14(16)19-9-8-17-13(20)11-5-4-6-12(15)10-11;/h4-6,10H,2-3,7-9H2,1H3,(H,17,20)(H3,16,18,19);1H. The SMILES string of the molecule is CCCCN=C(N)NCCNC(=O)c1cccc(Br)c1.I. The number of hydrogen-bond acceptors (Lipinski definition) is 2. The van der Waals surface area contributed by atoms with Gasteiger partial charge in [-0.3, -0.25) is 9.79 Å². The normalized spacial score (nSPS) is 10.7. The third-order valence-corrected chi connectivity index (χ3v) is 3.09. The molecule has 0 spiro atoms. The highest BCUT2D eigenvalue weighted by Crippen LogP contribution is 2.11. The van der Waals surface area contributed by atoms with Crippen LogP contribution < -0.4 is 16.4 Å². The van der Waals surface area contributed by atoms with Gasteiger partial charge in [0.25, 0.3) is 5.91 Å². The Morgan fingerprint density at radius 3 is 2.71 bits per heavy atom. The van der Waals surface area contributed by atoms with Crippen LogP contribution in [0.3, 0.4) is 0 Å². The zero-order chi connectivity index (χ0) is 14.8. The van der Waals surface area contributed by atoms with E-state index in [1.54, 1.807) is 12.1 Å². The fraction of sp³-hybridized carbons (Fsp3) is 0.429. The predicted octanol–water partition coefficient (Wildman–Crippen LogP) is 2.50. The number of amides is 1. The number of rotatable bonds is 7. The van der Waals surface area contributed by atoms with Crippen molar-refractivity contribution >= 4 is 51.8 Å². The number of guanidine groups is 1. The second kappa shape index (κ2) is 11.8. The van der Waals surface area contributed by atoms with Crippen molar-refractivity contribution in [1.82, 2.24) is 10.6 Å². The Bertz CT molecular complexity index is 468. The first-order chi connectivity index (χ1) is 9.63. The van der Waals surface area contributed by atoms with Crippen LogP contribution in [-0.4, -0.2) is 31.5 Å². The minimum absolute atomic E-state index is 0. The minimum Gasteiger partial charge on any atom is -0.370 e. The summed E-state index contributed by atoms with van der Waals surface area (Å²) >= 11 is 3.34. The molecule has 1 rings (SSSR count). The van der Waals surface area contributed by atoms with E-state index in [9.17, 15) is 4.79 Å². The molecule has 118 valence electrons. The highest BCUT2D eigenvalue weighted by atomic mass is 127. The number of unbranched alkanes of at least 4 members (excludes halogenated alkanes) is 1. The summed E-state index contributed by atoms with van der Waals surface area (Å²) in [4.78, 5) is 16.0. The number of carbonyl (C=O) groups is 1. The van der Waals surface area contributed by atoms with Crippen molar-refractivity contribution in [3.05, 3.63) is 34.3 Å². The van der Waals surface area contributed by atoms with Crippen LogP contribution >= 0.6 is 39.9 Å². The van der Waals surface area contributed by atoms with Crippen molar-refractivity contribution < 1.29 is 4.79 Å². The maximum absolute atomic E-state index is 11.8. The summed E-state index contributed by atoms with van der Waals surface area (Å²) in [5.74, 6) is 0.324. The smallest absolute Gasteiger partial charge is 0.251 e. The molecule has 1 aromatic rings. The predicted molar refractivity (Wildman–Crippen MR) is 101 cm³/mol. The molecule has 0 aliphatic carbocycles. The Morgan fingerprint density at radius 2 is 2.05 bits per heavy atom. The zero-order valence-electron chi connectivity index (χ0n) is 12.1. The van der Waals surface area contributed by atoms with Gasteiger partial charge in [0.1, 0.15) is 0 Å². The lowest BCUT2D eigenvalue weighted by Crippen LogP contribution is -2.38. The molecule has 0 unspecified atom stereocenters.